The number of aliphatic hydroxyl groups is 1. The van der Waals surface area contributed by atoms with Crippen LogP contribution >= 0.6 is 0 Å². The van der Waals surface area contributed by atoms with Crippen molar-refractivity contribution in [2.45, 2.75) is 33.3 Å². The minimum absolute atomic E-state index is 0.0571. The first kappa shape index (κ1) is 13.7. The Labute approximate surface area is 104 Å². The molecule has 0 fully saturated rings. The lowest BCUT2D eigenvalue weighted by molar-refractivity contribution is 0.216. The van der Waals surface area contributed by atoms with Crippen molar-refractivity contribution in [3.05, 3.63) is 54.1 Å². The first-order valence-corrected chi connectivity index (χ1v) is 5.99. The second kappa shape index (κ2) is 5.83. The molecular weight excluding hydrogens is 208 g/mol. The van der Waals surface area contributed by atoms with Gasteiger partial charge >= 0.3 is 0 Å². The molecule has 0 radical (unpaired) electrons. The van der Waals surface area contributed by atoms with Gasteiger partial charge in [0, 0.05) is 0 Å². The van der Waals surface area contributed by atoms with E-state index in [2.05, 4.69) is 27.4 Å². The zero-order valence-electron chi connectivity index (χ0n) is 11.0. The van der Waals surface area contributed by atoms with Gasteiger partial charge in [0.15, 0.2) is 0 Å². The van der Waals surface area contributed by atoms with E-state index in [0.717, 1.165) is 11.1 Å². The lowest BCUT2D eigenvalue weighted by Gasteiger charge is -2.23. The number of hydrogen-bond acceptors (Lipinski definition) is 1. The van der Waals surface area contributed by atoms with Gasteiger partial charge in [0.25, 0.3) is 0 Å². The molecule has 0 aliphatic rings. The van der Waals surface area contributed by atoms with Gasteiger partial charge in [-0.05, 0) is 17.4 Å². The molecule has 0 aliphatic heterocycles. The monoisotopic (exact) mass is 230 g/mol. The van der Waals surface area contributed by atoms with E-state index in [1.807, 2.05) is 42.5 Å². The fraction of sp³-hybridized carbons (Fsp3) is 0.375. The van der Waals surface area contributed by atoms with Crippen LogP contribution in [0.3, 0.4) is 0 Å². The Morgan fingerprint density at radius 3 is 2.41 bits per heavy atom. The lowest BCUT2D eigenvalue weighted by atomic mass is 9.84. The fourth-order valence-electron chi connectivity index (χ4n) is 1.41. The highest BCUT2D eigenvalue weighted by Crippen LogP contribution is 2.27. The van der Waals surface area contributed by atoms with Crippen LogP contribution in [0, 0.1) is 5.41 Å². The molecule has 0 unspecified atom stereocenters. The summed E-state index contributed by atoms with van der Waals surface area (Å²) in [5.41, 5.74) is 2.23. The molecule has 1 rings (SSSR count). The van der Waals surface area contributed by atoms with Crippen LogP contribution in [-0.4, -0.2) is 11.2 Å². The van der Waals surface area contributed by atoms with Crippen LogP contribution in [-0.2, 0) is 0 Å². The maximum absolute atomic E-state index is 9.90. The smallest absolute Gasteiger partial charge is 0.0761 e. The number of hydrogen-bond donors (Lipinski definition) is 1. The molecule has 1 aromatic carbocycles. The highest BCUT2D eigenvalue weighted by Gasteiger charge is 2.16. The van der Waals surface area contributed by atoms with Crippen LogP contribution in [0.4, 0.5) is 0 Å². The highest BCUT2D eigenvalue weighted by molar-refractivity contribution is 5.49. The third-order valence-electron chi connectivity index (χ3n) is 2.83. The molecule has 92 valence electrons. The molecule has 0 heterocycles. The molecule has 0 aliphatic carbocycles. The van der Waals surface area contributed by atoms with Crippen molar-refractivity contribution >= 4 is 6.08 Å². The summed E-state index contributed by atoms with van der Waals surface area (Å²) in [6.07, 6.45) is 3.93. The molecule has 0 amide bonds. The predicted octanol–water partition coefficient (Wildman–Crippen LogP) is 4.05. The number of benzene rings is 1. The third kappa shape index (κ3) is 5.01. The minimum atomic E-state index is -0.457. The van der Waals surface area contributed by atoms with E-state index in [4.69, 9.17) is 0 Å². The minimum Gasteiger partial charge on any atom is -0.389 e. The Kier molecular flexibility index (Phi) is 4.71. The van der Waals surface area contributed by atoms with Crippen LogP contribution in [0.5, 0.6) is 0 Å². The first-order valence-electron chi connectivity index (χ1n) is 5.99. The Morgan fingerprint density at radius 2 is 1.88 bits per heavy atom. The van der Waals surface area contributed by atoms with Crippen molar-refractivity contribution in [2.75, 3.05) is 0 Å². The van der Waals surface area contributed by atoms with E-state index < -0.39 is 6.10 Å². The van der Waals surface area contributed by atoms with E-state index in [-0.39, 0.29) is 5.41 Å². The SMILES string of the molecule is C=C(C[C@@H](O)/C=C/c1ccccc1)C(C)(C)C. The van der Waals surface area contributed by atoms with Crippen LogP contribution in [0.25, 0.3) is 6.08 Å². The molecule has 1 N–H and O–H groups in total. The van der Waals surface area contributed by atoms with Crippen molar-refractivity contribution in [3.63, 3.8) is 0 Å². The summed E-state index contributed by atoms with van der Waals surface area (Å²) in [6.45, 7) is 10.4. The average Bonchev–Trinajstić information content (AvgIpc) is 2.26. The zero-order chi connectivity index (χ0) is 12.9. The molecule has 17 heavy (non-hydrogen) atoms. The lowest BCUT2D eigenvalue weighted by Crippen LogP contribution is -2.14. The fourth-order valence-corrected chi connectivity index (χ4v) is 1.41. The van der Waals surface area contributed by atoms with Gasteiger partial charge in [0.1, 0.15) is 0 Å². The van der Waals surface area contributed by atoms with Crippen LogP contribution < -0.4 is 0 Å². The molecule has 1 aromatic rings. The van der Waals surface area contributed by atoms with Crippen LogP contribution in [0.15, 0.2) is 48.6 Å². The molecule has 0 saturated carbocycles. The summed E-state index contributed by atoms with van der Waals surface area (Å²) < 4.78 is 0. The van der Waals surface area contributed by atoms with Gasteiger partial charge in [-0.1, -0.05) is 75.4 Å². The van der Waals surface area contributed by atoms with Crippen molar-refractivity contribution in [1.29, 1.82) is 0 Å². The Hall–Kier alpha value is -1.34. The number of rotatable bonds is 4. The van der Waals surface area contributed by atoms with Crippen molar-refractivity contribution in [3.8, 4) is 0 Å². The molecule has 0 aromatic heterocycles. The quantitative estimate of drug-likeness (QED) is 0.774. The Morgan fingerprint density at radius 1 is 1.29 bits per heavy atom. The second-order valence-electron chi connectivity index (χ2n) is 5.39. The summed E-state index contributed by atoms with van der Waals surface area (Å²) in [4.78, 5) is 0. The maximum atomic E-state index is 9.90. The van der Waals surface area contributed by atoms with Crippen LogP contribution in [0.1, 0.15) is 32.8 Å². The number of aliphatic hydroxyl groups excluding tert-OH is 1. The van der Waals surface area contributed by atoms with E-state index in [9.17, 15) is 5.11 Å². The van der Waals surface area contributed by atoms with Gasteiger partial charge in [-0.15, -0.1) is 0 Å². The summed E-state index contributed by atoms with van der Waals surface area (Å²) in [7, 11) is 0. The van der Waals surface area contributed by atoms with Gasteiger partial charge in [-0.3, -0.25) is 0 Å². The molecular formula is C16H22O. The molecule has 0 saturated heterocycles. The van der Waals surface area contributed by atoms with Gasteiger partial charge in [-0.25, -0.2) is 0 Å². The largest absolute Gasteiger partial charge is 0.389 e. The summed E-state index contributed by atoms with van der Waals surface area (Å²) >= 11 is 0. The van der Waals surface area contributed by atoms with Gasteiger partial charge in [0.2, 0.25) is 0 Å². The second-order valence-corrected chi connectivity index (χ2v) is 5.39. The van der Waals surface area contributed by atoms with E-state index in [1.165, 1.54) is 0 Å². The summed E-state index contributed by atoms with van der Waals surface area (Å²) in [5, 5.41) is 9.90. The predicted molar refractivity (Wildman–Crippen MR) is 74.7 cm³/mol. The average molecular weight is 230 g/mol. The summed E-state index contributed by atoms with van der Waals surface area (Å²) in [6, 6.07) is 9.99. The molecule has 1 heteroatoms. The molecule has 0 bridgehead atoms. The normalized spacial score (nSPS) is 13.9. The Balaban J connectivity index is 2.53. The standard InChI is InChI=1S/C16H22O/c1-13(16(2,3)4)12-15(17)11-10-14-8-6-5-7-9-14/h5-11,15,17H,1,12H2,2-4H3/b11-10+/t15-/m0/s1. The van der Waals surface area contributed by atoms with Crippen molar-refractivity contribution in [2.24, 2.45) is 5.41 Å². The molecule has 1 nitrogen and oxygen atoms in total. The van der Waals surface area contributed by atoms with Gasteiger partial charge < -0.3 is 5.11 Å². The topological polar surface area (TPSA) is 20.2 Å². The van der Waals surface area contributed by atoms with E-state index in [0.29, 0.717) is 6.42 Å². The first-order chi connectivity index (χ1) is 7.89. The van der Waals surface area contributed by atoms with E-state index in [1.54, 1.807) is 0 Å². The summed E-state index contributed by atoms with van der Waals surface area (Å²) in [5.74, 6) is 0. The third-order valence-corrected chi connectivity index (χ3v) is 2.83. The van der Waals surface area contributed by atoms with E-state index >= 15 is 0 Å². The van der Waals surface area contributed by atoms with Gasteiger partial charge in [0.05, 0.1) is 6.10 Å². The highest BCUT2D eigenvalue weighted by atomic mass is 16.3. The van der Waals surface area contributed by atoms with Gasteiger partial charge in [-0.2, -0.15) is 0 Å². The molecule has 0 spiro atoms. The zero-order valence-corrected chi connectivity index (χ0v) is 11.0. The van der Waals surface area contributed by atoms with Crippen molar-refractivity contribution < 1.29 is 5.11 Å². The molecule has 1 atom stereocenters. The maximum Gasteiger partial charge on any atom is 0.0761 e. The van der Waals surface area contributed by atoms with Crippen LogP contribution in [0.2, 0.25) is 0 Å². The Bertz CT molecular complexity index is 382. The van der Waals surface area contributed by atoms with Crippen molar-refractivity contribution in [1.82, 2.24) is 0 Å².